The molecule has 0 atom stereocenters. The Morgan fingerprint density at radius 2 is 1.55 bits per heavy atom. The smallest absolute Gasteiger partial charge is 0.326 e. The molecule has 0 saturated heterocycles. The van der Waals surface area contributed by atoms with Crippen LogP contribution in [0.1, 0.15) is 12.0 Å². The summed E-state index contributed by atoms with van der Waals surface area (Å²) in [5, 5.41) is 9.14. The number of amides is 4. The van der Waals surface area contributed by atoms with Crippen molar-refractivity contribution in [3.8, 4) is 0 Å². The molecule has 3 aromatic rings. The van der Waals surface area contributed by atoms with Crippen LogP contribution in [0.5, 0.6) is 0 Å². The van der Waals surface area contributed by atoms with E-state index in [9.17, 15) is 9.59 Å². The zero-order valence-corrected chi connectivity index (χ0v) is 18.0. The lowest BCUT2D eigenvalue weighted by Gasteiger charge is -2.24. The zero-order valence-electron chi connectivity index (χ0n) is 17.3. The van der Waals surface area contributed by atoms with E-state index in [1.807, 2.05) is 61.5 Å². The van der Waals surface area contributed by atoms with Crippen molar-refractivity contribution >= 4 is 40.7 Å². The molecule has 0 aliphatic heterocycles. The number of urea groups is 2. The van der Waals surface area contributed by atoms with E-state index in [1.54, 1.807) is 29.2 Å². The second-order valence-corrected chi connectivity index (χ2v) is 7.41. The van der Waals surface area contributed by atoms with Gasteiger partial charge in [0, 0.05) is 35.2 Å². The molecule has 4 amide bonds. The average Bonchev–Trinajstić information content (AvgIpc) is 2.77. The number of anilines is 3. The summed E-state index contributed by atoms with van der Waals surface area (Å²) in [6, 6.07) is 23.5. The van der Waals surface area contributed by atoms with Crippen molar-refractivity contribution in [2.24, 2.45) is 0 Å². The Kier molecular flexibility index (Phi) is 7.90. The minimum atomic E-state index is -0.307. The fourth-order valence-corrected chi connectivity index (χ4v) is 3.13. The van der Waals surface area contributed by atoms with Gasteiger partial charge in [-0.05, 0) is 61.4 Å². The lowest BCUT2D eigenvalue weighted by Crippen LogP contribution is -2.38. The van der Waals surface area contributed by atoms with Crippen molar-refractivity contribution in [2.45, 2.75) is 13.3 Å². The molecular formula is C24H25ClN4O2. The maximum absolute atomic E-state index is 13.0. The van der Waals surface area contributed by atoms with Crippen LogP contribution >= 0.6 is 11.6 Å². The first-order chi connectivity index (χ1) is 15.0. The number of hydrogen-bond donors (Lipinski definition) is 3. The first kappa shape index (κ1) is 22.2. The normalized spacial score (nSPS) is 10.3. The summed E-state index contributed by atoms with van der Waals surface area (Å²) in [5.74, 6) is 0. The van der Waals surface area contributed by atoms with Crippen LogP contribution in [-0.2, 0) is 0 Å². The van der Waals surface area contributed by atoms with Crippen molar-refractivity contribution in [2.75, 3.05) is 28.6 Å². The Labute approximate surface area is 187 Å². The monoisotopic (exact) mass is 436 g/mol. The van der Waals surface area contributed by atoms with Gasteiger partial charge in [-0.1, -0.05) is 48.0 Å². The molecule has 160 valence electrons. The van der Waals surface area contributed by atoms with Gasteiger partial charge in [0.25, 0.3) is 0 Å². The van der Waals surface area contributed by atoms with Crippen LogP contribution in [-0.4, -0.2) is 25.2 Å². The molecule has 0 saturated carbocycles. The van der Waals surface area contributed by atoms with Gasteiger partial charge in [0.05, 0.1) is 0 Å². The van der Waals surface area contributed by atoms with Gasteiger partial charge >= 0.3 is 12.1 Å². The minimum absolute atomic E-state index is 0.217. The van der Waals surface area contributed by atoms with E-state index in [2.05, 4.69) is 16.0 Å². The highest BCUT2D eigenvalue weighted by Crippen LogP contribution is 2.18. The highest BCUT2D eigenvalue weighted by molar-refractivity contribution is 6.30. The molecule has 0 aliphatic carbocycles. The molecule has 3 N–H and O–H groups in total. The fourth-order valence-electron chi connectivity index (χ4n) is 3.00. The van der Waals surface area contributed by atoms with Crippen LogP contribution in [0.15, 0.2) is 78.9 Å². The third kappa shape index (κ3) is 6.76. The second-order valence-electron chi connectivity index (χ2n) is 6.97. The predicted molar refractivity (Wildman–Crippen MR) is 127 cm³/mol. The summed E-state index contributed by atoms with van der Waals surface area (Å²) in [6.45, 7) is 2.81. The van der Waals surface area contributed by atoms with Crippen LogP contribution in [0, 0.1) is 6.92 Å². The highest BCUT2D eigenvalue weighted by atomic mass is 35.5. The lowest BCUT2D eigenvalue weighted by atomic mass is 10.2. The standard InChI is InChI=1S/C24H25ClN4O2/c1-18-8-5-6-11-22(18)28-24(31)29(21-9-3-2-4-10-21)17-7-16-26-23(30)27-20-14-12-19(25)13-15-20/h2-6,8-15H,7,16-17H2,1H3,(H,28,31)(H2,26,27,30). The van der Waals surface area contributed by atoms with E-state index in [0.29, 0.717) is 30.2 Å². The number of carbonyl (C=O) groups is 2. The van der Waals surface area contributed by atoms with E-state index in [1.165, 1.54) is 0 Å². The number of nitrogens with zero attached hydrogens (tertiary/aromatic N) is 1. The van der Waals surface area contributed by atoms with Crippen molar-refractivity contribution < 1.29 is 9.59 Å². The molecule has 0 heterocycles. The van der Waals surface area contributed by atoms with Crippen molar-refractivity contribution in [1.29, 1.82) is 0 Å². The third-order valence-electron chi connectivity index (χ3n) is 4.65. The van der Waals surface area contributed by atoms with Crippen LogP contribution in [0.4, 0.5) is 26.7 Å². The summed E-state index contributed by atoms with van der Waals surface area (Å²) in [6.07, 6.45) is 0.587. The molecule has 6 nitrogen and oxygen atoms in total. The molecule has 0 spiro atoms. The summed E-state index contributed by atoms with van der Waals surface area (Å²) in [4.78, 5) is 26.7. The summed E-state index contributed by atoms with van der Waals surface area (Å²) in [7, 11) is 0. The SMILES string of the molecule is Cc1ccccc1NC(=O)N(CCCNC(=O)Nc1ccc(Cl)cc1)c1ccccc1. The van der Waals surface area contributed by atoms with E-state index in [4.69, 9.17) is 11.6 Å². The van der Waals surface area contributed by atoms with E-state index in [-0.39, 0.29) is 12.1 Å². The minimum Gasteiger partial charge on any atom is -0.338 e. The van der Waals surface area contributed by atoms with Gasteiger partial charge in [0.1, 0.15) is 0 Å². The number of aryl methyl sites for hydroxylation is 1. The number of para-hydroxylation sites is 2. The zero-order chi connectivity index (χ0) is 22.1. The van der Waals surface area contributed by atoms with Crippen molar-refractivity contribution in [3.05, 3.63) is 89.4 Å². The van der Waals surface area contributed by atoms with Crippen LogP contribution < -0.4 is 20.9 Å². The number of carbonyl (C=O) groups excluding carboxylic acids is 2. The Hall–Kier alpha value is -3.51. The lowest BCUT2D eigenvalue weighted by molar-refractivity contribution is 0.252. The Balaban J connectivity index is 1.55. The van der Waals surface area contributed by atoms with E-state index >= 15 is 0 Å². The summed E-state index contributed by atoms with van der Waals surface area (Å²) < 4.78 is 0. The van der Waals surface area contributed by atoms with Crippen molar-refractivity contribution in [1.82, 2.24) is 5.32 Å². The molecule has 31 heavy (non-hydrogen) atoms. The molecule has 0 aromatic heterocycles. The quantitative estimate of drug-likeness (QED) is 0.403. The average molecular weight is 437 g/mol. The van der Waals surface area contributed by atoms with E-state index < -0.39 is 0 Å². The van der Waals surface area contributed by atoms with Crippen molar-refractivity contribution in [3.63, 3.8) is 0 Å². The molecule has 0 aliphatic rings. The molecule has 7 heteroatoms. The third-order valence-corrected chi connectivity index (χ3v) is 4.90. The number of benzene rings is 3. The van der Waals surface area contributed by atoms with Gasteiger partial charge in [-0.3, -0.25) is 4.90 Å². The van der Waals surface area contributed by atoms with Gasteiger partial charge in [-0.15, -0.1) is 0 Å². The molecular weight excluding hydrogens is 412 g/mol. The molecule has 3 aromatic carbocycles. The summed E-state index contributed by atoms with van der Waals surface area (Å²) >= 11 is 5.85. The Bertz CT molecular complexity index is 1010. The van der Waals surface area contributed by atoms with E-state index in [0.717, 1.165) is 16.9 Å². The molecule has 3 rings (SSSR count). The molecule has 0 fully saturated rings. The predicted octanol–water partition coefficient (Wildman–Crippen LogP) is 5.90. The molecule has 0 radical (unpaired) electrons. The van der Waals surface area contributed by atoms with Crippen LogP contribution in [0.3, 0.4) is 0 Å². The van der Waals surface area contributed by atoms with Gasteiger partial charge in [0.2, 0.25) is 0 Å². The maximum atomic E-state index is 13.0. The number of rotatable bonds is 7. The van der Waals surface area contributed by atoms with Gasteiger partial charge in [0.15, 0.2) is 0 Å². The highest BCUT2D eigenvalue weighted by Gasteiger charge is 2.16. The Morgan fingerprint density at radius 3 is 2.26 bits per heavy atom. The molecule has 0 bridgehead atoms. The molecule has 0 unspecified atom stereocenters. The van der Waals surface area contributed by atoms with Crippen LogP contribution in [0.25, 0.3) is 0 Å². The van der Waals surface area contributed by atoms with Gasteiger partial charge < -0.3 is 16.0 Å². The number of nitrogens with one attached hydrogen (secondary N) is 3. The fraction of sp³-hybridized carbons (Fsp3) is 0.167. The largest absolute Gasteiger partial charge is 0.338 e. The maximum Gasteiger partial charge on any atom is 0.326 e. The number of hydrogen-bond acceptors (Lipinski definition) is 2. The topological polar surface area (TPSA) is 73.5 Å². The number of halogens is 1. The second kappa shape index (κ2) is 11.0. The first-order valence-electron chi connectivity index (χ1n) is 10.0. The summed E-state index contributed by atoms with van der Waals surface area (Å²) in [5.41, 5.74) is 3.21. The van der Waals surface area contributed by atoms with Gasteiger partial charge in [-0.25, -0.2) is 9.59 Å². The first-order valence-corrected chi connectivity index (χ1v) is 10.4. The Morgan fingerprint density at radius 1 is 0.871 bits per heavy atom. The van der Waals surface area contributed by atoms with Crippen LogP contribution in [0.2, 0.25) is 5.02 Å². The van der Waals surface area contributed by atoms with Gasteiger partial charge in [-0.2, -0.15) is 0 Å².